The highest BCUT2D eigenvalue weighted by atomic mass is 16.1. The van der Waals surface area contributed by atoms with Crippen LogP contribution >= 0.6 is 0 Å². The van der Waals surface area contributed by atoms with Crippen molar-refractivity contribution in [2.45, 2.75) is 27.7 Å². The van der Waals surface area contributed by atoms with Crippen molar-refractivity contribution in [3.63, 3.8) is 0 Å². The van der Waals surface area contributed by atoms with Gasteiger partial charge in [0, 0.05) is 18.4 Å². The van der Waals surface area contributed by atoms with Crippen LogP contribution in [-0.4, -0.2) is 15.7 Å². The highest BCUT2D eigenvalue weighted by Gasteiger charge is 2.13. The van der Waals surface area contributed by atoms with Crippen LogP contribution in [0.4, 0.5) is 5.69 Å². The molecule has 0 atom stereocenters. The average Bonchev–Trinajstić information content (AvgIpc) is 2.64. The highest BCUT2D eigenvalue weighted by molar-refractivity contribution is 6.03. The first kappa shape index (κ1) is 13.3. The molecule has 0 aliphatic carbocycles. The van der Waals surface area contributed by atoms with E-state index in [9.17, 15) is 4.79 Å². The number of hydrogen-bond acceptors (Lipinski definition) is 2. The average molecular weight is 257 g/mol. The molecule has 19 heavy (non-hydrogen) atoms. The zero-order valence-electron chi connectivity index (χ0n) is 12.0. The highest BCUT2D eigenvalue weighted by Crippen LogP contribution is 2.22. The zero-order valence-corrected chi connectivity index (χ0v) is 12.0. The van der Waals surface area contributed by atoms with Gasteiger partial charge in [-0.25, -0.2) is 0 Å². The number of amides is 1. The summed E-state index contributed by atoms with van der Waals surface area (Å²) in [6.07, 6.45) is 0. The van der Waals surface area contributed by atoms with Crippen molar-refractivity contribution >= 4 is 11.6 Å². The second kappa shape index (κ2) is 4.88. The third kappa shape index (κ3) is 2.67. The molecule has 1 aromatic carbocycles. The Labute approximate surface area is 113 Å². The fourth-order valence-corrected chi connectivity index (χ4v) is 2.23. The van der Waals surface area contributed by atoms with Gasteiger partial charge in [-0.3, -0.25) is 9.48 Å². The molecule has 0 aliphatic heterocycles. The maximum absolute atomic E-state index is 12.2. The first-order chi connectivity index (χ1) is 8.88. The lowest BCUT2D eigenvalue weighted by molar-refractivity contribution is 0.102. The van der Waals surface area contributed by atoms with Crippen LogP contribution in [0.2, 0.25) is 0 Å². The number of carbonyl (C=O) groups excluding carboxylic acids is 1. The summed E-state index contributed by atoms with van der Waals surface area (Å²) in [6.45, 7) is 7.97. The summed E-state index contributed by atoms with van der Waals surface area (Å²) in [7, 11) is 1.83. The number of nitrogens with one attached hydrogen (secondary N) is 1. The summed E-state index contributed by atoms with van der Waals surface area (Å²) in [5, 5.41) is 7.14. The summed E-state index contributed by atoms with van der Waals surface area (Å²) in [5.74, 6) is -0.168. The molecule has 100 valence electrons. The molecule has 0 saturated heterocycles. The molecular formula is C15H19N3O. The molecule has 0 saturated carbocycles. The molecular weight excluding hydrogens is 238 g/mol. The molecule has 0 bridgehead atoms. The Balaban J connectivity index is 2.29. The van der Waals surface area contributed by atoms with Crippen molar-refractivity contribution in [3.05, 3.63) is 46.3 Å². The minimum Gasteiger partial charge on any atom is -0.320 e. The number of nitrogens with zero attached hydrogens (tertiary/aromatic N) is 2. The monoisotopic (exact) mass is 257 g/mol. The molecule has 1 amide bonds. The second-order valence-corrected chi connectivity index (χ2v) is 5.02. The maximum atomic E-state index is 12.2. The summed E-state index contributed by atoms with van der Waals surface area (Å²) < 4.78 is 1.70. The van der Waals surface area contributed by atoms with Gasteiger partial charge in [-0.2, -0.15) is 5.10 Å². The molecule has 2 aromatic rings. The van der Waals surface area contributed by atoms with Gasteiger partial charge >= 0.3 is 0 Å². The lowest BCUT2D eigenvalue weighted by Crippen LogP contribution is -2.15. The number of rotatable bonds is 2. The van der Waals surface area contributed by atoms with Gasteiger partial charge in [0.1, 0.15) is 0 Å². The number of aryl methyl sites for hydroxylation is 5. The molecule has 1 heterocycles. The molecule has 2 rings (SSSR count). The number of anilines is 1. The fourth-order valence-electron chi connectivity index (χ4n) is 2.23. The van der Waals surface area contributed by atoms with E-state index in [2.05, 4.69) is 22.5 Å². The van der Waals surface area contributed by atoms with E-state index in [4.69, 9.17) is 0 Å². The van der Waals surface area contributed by atoms with Crippen molar-refractivity contribution in [2.24, 2.45) is 7.05 Å². The normalized spacial score (nSPS) is 10.6. The smallest absolute Gasteiger partial charge is 0.276 e. The topological polar surface area (TPSA) is 46.9 Å². The number of carbonyl (C=O) groups is 1. The maximum Gasteiger partial charge on any atom is 0.276 e. The van der Waals surface area contributed by atoms with Gasteiger partial charge in [0.2, 0.25) is 0 Å². The summed E-state index contributed by atoms with van der Waals surface area (Å²) >= 11 is 0. The largest absolute Gasteiger partial charge is 0.320 e. The van der Waals surface area contributed by atoms with Crippen LogP contribution in [0.5, 0.6) is 0 Å². The van der Waals surface area contributed by atoms with Crippen LogP contribution in [0, 0.1) is 27.7 Å². The minimum atomic E-state index is -0.168. The van der Waals surface area contributed by atoms with Crippen molar-refractivity contribution in [1.29, 1.82) is 0 Å². The molecule has 1 aromatic heterocycles. The standard InChI is InChI=1S/C15H19N3O/c1-9-6-10(2)14(11(3)7-9)16-15(19)13-8-12(4)18(5)17-13/h6-8H,1-5H3,(H,16,19). The Hall–Kier alpha value is -2.10. The number of benzene rings is 1. The van der Waals surface area contributed by atoms with Crippen LogP contribution in [0.25, 0.3) is 0 Å². The Kier molecular flexibility index (Phi) is 3.42. The van der Waals surface area contributed by atoms with Crippen LogP contribution in [0.3, 0.4) is 0 Å². The van der Waals surface area contributed by atoms with Crippen LogP contribution in [0.1, 0.15) is 32.9 Å². The van der Waals surface area contributed by atoms with Gasteiger partial charge < -0.3 is 5.32 Å². The van der Waals surface area contributed by atoms with E-state index in [1.807, 2.05) is 34.7 Å². The van der Waals surface area contributed by atoms with E-state index in [1.54, 1.807) is 10.7 Å². The predicted molar refractivity (Wildman–Crippen MR) is 76.6 cm³/mol. The van der Waals surface area contributed by atoms with Crippen LogP contribution in [-0.2, 0) is 7.05 Å². The number of hydrogen-bond donors (Lipinski definition) is 1. The van der Waals surface area contributed by atoms with Gasteiger partial charge in [-0.15, -0.1) is 0 Å². The Morgan fingerprint density at radius 1 is 1.11 bits per heavy atom. The summed E-state index contributed by atoms with van der Waals surface area (Å²) in [4.78, 5) is 12.2. The zero-order chi connectivity index (χ0) is 14.2. The predicted octanol–water partition coefficient (Wildman–Crippen LogP) is 2.91. The fraction of sp³-hybridized carbons (Fsp3) is 0.333. The van der Waals surface area contributed by atoms with Gasteiger partial charge in [0.05, 0.1) is 0 Å². The van der Waals surface area contributed by atoms with Crippen molar-refractivity contribution in [1.82, 2.24) is 9.78 Å². The minimum absolute atomic E-state index is 0.168. The van der Waals surface area contributed by atoms with E-state index in [0.717, 1.165) is 22.5 Å². The van der Waals surface area contributed by atoms with Crippen molar-refractivity contribution in [2.75, 3.05) is 5.32 Å². The Morgan fingerprint density at radius 2 is 1.68 bits per heavy atom. The molecule has 0 fully saturated rings. The summed E-state index contributed by atoms with van der Waals surface area (Å²) in [5.41, 5.74) is 5.61. The number of aromatic nitrogens is 2. The third-order valence-electron chi connectivity index (χ3n) is 3.26. The van der Waals surface area contributed by atoms with Crippen molar-refractivity contribution in [3.8, 4) is 0 Å². The van der Waals surface area contributed by atoms with E-state index >= 15 is 0 Å². The van der Waals surface area contributed by atoms with Gasteiger partial charge in [-0.05, 0) is 44.9 Å². The first-order valence-corrected chi connectivity index (χ1v) is 6.28. The summed E-state index contributed by atoms with van der Waals surface area (Å²) in [6, 6.07) is 5.91. The van der Waals surface area contributed by atoms with E-state index < -0.39 is 0 Å². The van der Waals surface area contributed by atoms with Gasteiger partial charge in [-0.1, -0.05) is 17.7 Å². The third-order valence-corrected chi connectivity index (χ3v) is 3.26. The van der Waals surface area contributed by atoms with E-state index in [-0.39, 0.29) is 5.91 Å². The molecule has 0 unspecified atom stereocenters. The first-order valence-electron chi connectivity index (χ1n) is 6.28. The Morgan fingerprint density at radius 3 is 2.16 bits per heavy atom. The van der Waals surface area contributed by atoms with Crippen molar-refractivity contribution < 1.29 is 4.79 Å². The van der Waals surface area contributed by atoms with Gasteiger partial charge in [0.15, 0.2) is 5.69 Å². The quantitative estimate of drug-likeness (QED) is 0.899. The molecule has 0 radical (unpaired) electrons. The SMILES string of the molecule is Cc1cc(C)c(NC(=O)c2cc(C)n(C)n2)c(C)c1. The molecule has 1 N–H and O–H groups in total. The van der Waals surface area contributed by atoms with Crippen LogP contribution in [0.15, 0.2) is 18.2 Å². The van der Waals surface area contributed by atoms with Gasteiger partial charge in [0.25, 0.3) is 5.91 Å². The lowest BCUT2D eigenvalue weighted by atomic mass is 10.1. The van der Waals surface area contributed by atoms with E-state index in [0.29, 0.717) is 5.69 Å². The van der Waals surface area contributed by atoms with Crippen LogP contribution < -0.4 is 5.32 Å². The molecule has 4 heteroatoms. The second-order valence-electron chi connectivity index (χ2n) is 5.02. The lowest BCUT2D eigenvalue weighted by Gasteiger charge is -2.11. The van der Waals surface area contributed by atoms with E-state index in [1.165, 1.54) is 5.56 Å². The molecule has 4 nitrogen and oxygen atoms in total. The molecule has 0 aliphatic rings. The Bertz CT molecular complexity index is 598. The molecule has 0 spiro atoms.